The third-order valence-electron chi connectivity index (χ3n) is 3.23. The second-order valence-electron chi connectivity index (χ2n) is 4.83. The van der Waals surface area contributed by atoms with E-state index in [2.05, 4.69) is 15.3 Å². The van der Waals surface area contributed by atoms with Crippen LogP contribution in [0.25, 0.3) is 16.8 Å². The Bertz CT molecular complexity index is 765. The lowest BCUT2D eigenvalue weighted by Crippen LogP contribution is -2.15. The van der Waals surface area contributed by atoms with Crippen molar-refractivity contribution in [1.82, 2.24) is 14.4 Å². The fraction of sp³-hybridized carbons (Fsp3) is 0.200. The molecule has 0 atom stereocenters. The highest BCUT2D eigenvalue weighted by Crippen LogP contribution is 2.26. The maximum atomic E-state index is 12.3. The molecule has 0 saturated heterocycles. The zero-order chi connectivity index (χ0) is 15.6. The number of imidazole rings is 1. The maximum absolute atomic E-state index is 12.3. The van der Waals surface area contributed by atoms with Crippen molar-refractivity contribution >= 4 is 11.3 Å². The first-order valence-electron chi connectivity index (χ1n) is 6.71. The molecule has 114 valence electrons. The number of rotatable bonds is 4. The van der Waals surface area contributed by atoms with Gasteiger partial charge in [0.2, 0.25) is 0 Å². The first-order chi connectivity index (χ1) is 10.5. The maximum Gasteiger partial charge on any atom is 0.390 e. The summed E-state index contributed by atoms with van der Waals surface area (Å²) in [5.41, 5.74) is 2.98. The minimum atomic E-state index is -4.18. The van der Waals surface area contributed by atoms with Gasteiger partial charge >= 0.3 is 6.18 Å². The fourth-order valence-corrected chi connectivity index (χ4v) is 2.20. The molecule has 4 nitrogen and oxygen atoms in total. The summed E-state index contributed by atoms with van der Waals surface area (Å²) in [6, 6.07) is 5.49. The van der Waals surface area contributed by atoms with Crippen LogP contribution in [0.15, 0.2) is 49.2 Å². The van der Waals surface area contributed by atoms with Crippen molar-refractivity contribution in [2.45, 2.75) is 12.6 Å². The summed E-state index contributed by atoms with van der Waals surface area (Å²) < 4.78 is 38.6. The van der Waals surface area contributed by atoms with Crippen molar-refractivity contribution in [2.24, 2.45) is 0 Å². The van der Waals surface area contributed by atoms with Gasteiger partial charge in [0.25, 0.3) is 0 Å². The van der Waals surface area contributed by atoms with E-state index in [0.29, 0.717) is 11.3 Å². The van der Waals surface area contributed by atoms with Crippen molar-refractivity contribution in [3.8, 4) is 11.1 Å². The van der Waals surface area contributed by atoms with Gasteiger partial charge in [0.15, 0.2) is 5.65 Å². The number of nitrogens with zero attached hydrogens (tertiary/aromatic N) is 3. The van der Waals surface area contributed by atoms with Gasteiger partial charge in [-0.25, -0.2) is 4.98 Å². The van der Waals surface area contributed by atoms with E-state index in [4.69, 9.17) is 0 Å². The Kier molecular flexibility index (Phi) is 3.70. The molecule has 0 fully saturated rings. The molecule has 0 bridgehead atoms. The van der Waals surface area contributed by atoms with E-state index in [-0.39, 0.29) is 6.54 Å². The Labute approximate surface area is 124 Å². The van der Waals surface area contributed by atoms with Gasteiger partial charge in [-0.1, -0.05) is 0 Å². The highest BCUT2D eigenvalue weighted by atomic mass is 19.4. The first kappa shape index (κ1) is 14.4. The van der Waals surface area contributed by atoms with Crippen LogP contribution in [0, 0.1) is 0 Å². The molecular formula is C15H13F3N4. The molecule has 7 heteroatoms. The van der Waals surface area contributed by atoms with E-state index in [9.17, 15) is 13.2 Å². The van der Waals surface area contributed by atoms with E-state index in [1.54, 1.807) is 35.3 Å². The molecule has 0 saturated carbocycles. The number of fused-ring (bicyclic) bond motifs is 1. The van der Waals surface area contributed by atoms with Gasteiger partial charge in [-0.15, -0.1) is 0 Å². The van der Waals surface area contributed by atoms with Crippen LogP contribution in [-0.2, 0) is 0 Å². The molecule has 3 heterocycles. The Morgan fingerprint density at radius 2 is 1.86 bits per heavy atom. The standard InChI is InChI=1S/C15H13F3N4/c16-15(17,18)3-6-20-13-9-12(11-1-4-19-5-2-11)10-22-8-7-21-14(13)22/h1-2,4-5,7-10,20H,3,6H2. The molecule has 0 aliphatic heterocycles. The third-order valence-corrected chi connectivity index (χ3v) is 3.23. The molecule has 0 radical (unpaired) electrons. The van der Waals surface area contributed by atoms with Crippen LogP contribution < -0.4 is 5.32 Å². The van der Waals surface area contributed by atoms with Crippen LogP contribution in [0.3, 0.4) is 0 Å². The largest absolute Gasteiger partial charge is 0.390 e. The normalized spacial score (nSPS) is 11.8. The van der Waals surface area contributed by atoms with Crippen LogP contribution in [0.5, 0.6) is 0 Å². The number of pyridine rings is 2. The van der Waals surface area contributed by atoms with Crippen molar-refractivity contribution in [2.75, 3.05) is 11.9 Å². The minimum absolute atomic E-state index is 0.189. The smallest absolute Gasteiger partial charge is 0.382 e. The lowest BCUT2D eigenvalue weighted by atomic mass is 10.1. The van der Waals surface area contributed by atoms with E-state index < -0.39 is 12.6 Å². The second-order valence-corrected chi connectivity index (χ2v) is 4.83. The summed E-state index contributed by atoms with van der Waals surface area (Å²) in [6.45, 7) is -0.189. The van der Waals surface area contributed by atoms with Gasteiger partial charge in [0.1, 0.15) is 0 Å². The van der Waals surface area contributed by atoms with Crippen LogP contribution >= 0.6 is 0 Å². The number of hydrogen-bond acceptors (Lipinski definition) is 3. The molecule has 1 N–H and O–H groups in total. The fourth-order valence-electron chi connectivity index (χ4n) is 2.20. The summed E-state index contributed by atoms with van der Waals surface area (Å²) in [4.78, 5) is 8.14. The van der Waals surface area contributed by atoms with Gasteiger partial charge in [-0.3, -0.25) is 4.98 Å². The molecule has 0 aliphatic rings. The van der Waals surface area contributed by atoms with Gasteiger partial charge in [-0.2, -0.15) is 13.2 Å². The summed E-state index contributed by atoms with van der Waals surface area (Å²) in [7, 11) is 0. The Balaban J connectivity index is 1.93. The molecule has 22 heavy (non-hydrogen) atoms. The third kappa shape index (κ3) is 3.19. The summed E-state index contributed by atoms with van der Waals surface area (Å²) in [5, 5.41) is 2.82. The Morgan fingerprint density at radius 1 is 1.09 bits per heavy atom. The number of nitrogens with one attached hydrogen (secondary N) is 1. The predicted octanol–water partition coefficient (Wildman–Crippen LogP) is 3.76. The molecule has 3 aromatic rings. The van der Waals surface area contributed by atoms with Crippen molar-refractivity contribution in [3.63, 3.8) is 0 Å². The average molecular weight is 306 g/mol. The lowest BCUT2D eigenvalue weighted by molar-refractivity contribution is -0.131. The van der Waals surface area contributed by atoms with E-state index in [1.165, 1.54) is 0 Å². The Morgan fingerprint density at radius 3 is 2.59 bits per heavy atom. The molecule has 0 unspecified atom stereocenters. The topological polar surface area (TPSA) is 42.2 Å². The van der Waals surface area contributed by atoms with Crippen LogP contribution in [0.4, 0.5) is 18.9 Å². The molecule has 3 aromatic heterocycles. The predicted molar refractivity (Wildman–Crippen MR) is 77.6 cm³/mol. The summed E-state index contributed by atoms with van der Waals surface area (Å²) in [5.74, 6) is 0. The summed E-state index contributed by atoms with van der Waals surface area (Å²) in [6.07, 6.45) is 3.53. The van der Waals surface area contributed by atoms with Gasteiger partial charge in [0, 0.05) is 43.1 Å². The quantitative estimate of drug-likeness (QED) is 0.798. The van der Waals surface area contributed by atoms with Gasteiger partial charge in [0.05, 0.1) is 12.1 Å². The van der Waals surface area contributed by atoms with Crippen LogP contribution in [-0.4, -0.2) is 27.1 Å². The lowest BCUT2D eigenvalue weighted by Gasteiger charge is -2.12. The number of halogens is 3. The molecule has 0 aliphatic carbocycles. The van der Waals surface area contributed by atoms with Crippen LogP contribution in [0.2, 0.25) is 0 Å². The zero-order valence-electron chi connectivity index (χ0n) is 11.5. The average Bonchev–Trinajstić information content (AvgIpc) is 2.95. The number of anilines is 1. The number of aromatic nitrogens is 3. The molecule has 0 amide bonds. The van der Waals surface area contributed by atoms with Gasteiger partial charge in [-0.05, 0) is 23.8 Å². The highest BCUT2D eigenvalue weighted by molar-refractivity contribution is 5.76. The van der Waals surface area contributed by atoms with Crippen molar-refractivity contribution in [3.05, 3.63) is 49.2 Å². The second kappa shape index (κ2) is 5.67. The highest BCUT2D eigenvalue weighted by Gasteiger charge is 2.26. The molecule has 0 aromatic carbocycles. The molecule has 3 rings (SSSR count). The number of hydrogen-bond donors (Lipinski definition) is 1. The van der Waals surface area contributed by atoms with Gasteiger partial charge < -0.3 is 9.72 Å². The molecular weight excluding hydrogens is 293 g/mol. The summed E-state index contributed by atoms with van der Waals surface area (Å²) >= 11 is 0. The zero-order valence-corrected chi connectivity index (χ0v) is 11.5. The van der Waals surface area contributed by atoms with Crippen molar-refractivity contribution in [1.29, 1.82) is 0 Å². The van der Waals surface area contributed by atoms with Crippen LogP contribution in [0.1, 0.15) is 6.42 Å². The van der Waals surface area contributed by atoms with E-state index in [0.717, 1.165) is 11.1 Å². The van der Waals surface area contributed by atoms with E-state index >= 15 is 0 Å². The first-order valence-corrected chi connectivity index (χ1v) is 6.71. The Hall–Kier alpha value is -2.57. The van der Waals surface area contributed by atoms with E-state index in [1.807, 2.05) is 18.3 Å². The minimum Gasteiger partial charge on any atom is -0.382 e. The number of alkyl halides is 3. The van der Waals surface area contributed by atoms with Crippen molar-refractivity contribution < 1.29 is 13.2 Å². The monoisotopic (exact) mass is 306 g/mol. The SMILES string of the molecule is FC(F)(F)CCNc1cc(-c2ccncc2)cn2ccnc12. The molecule has 0 spiro atoms.